The molecular formula is C14H14BrN3O2. The molecule has 1 aliphatic rings. The van der Waals surface area contributed by atoms with Gasteiger partial charge in [0.1, 0.15) is 6.54 Å². The highest BCUT2D eigenvalue weighted by Crippen LogP contribution is 2.15. The molecule has 0 N–H and O–H groups in total. The van der Waals surface area contributed by atoms with Crippen LogP contribution in [0.3, 0.4) is 0 Å². The number of halogens is 1. The van der Waals surface area contributed by atoms with E-state index in [-0.39, 0.29) is 18.0 Å². The van der Waals surface area contributed by atoms with Crippen molar-refractivity contribution in [1.29, 1.82) is 0 Å². The molecule has 6 heteroatoms. The number of aromatic nitrogens is 2. The second-order valence-electron chi connectivity index (χ2n) is 4.93. The quantitative estimate of drug-likeness (QED) is 0.840. The fraction of sp³-hybridized carbons (Fsp3) is 0.357. The van der Waals surface area contributed by atoms with Crippen LogP contribution in [0.5, 0.6) is 0 Å². The number of hydrogen-bond acceptors (Lipinski definition) is 3. The Balaban J connectivity index is 1.92. The molecule has 20 heavy (non-hydrogen) atoms. The first-order chi connectivity index (χ1) is 9.65. The first-order valence-corrected chi connectivity index (χ1v) is 7.37. The lowest BCUT2D eigenvalue weighted by molar-refractivity contribution is -0.130. The summed E-state index contributed by atoms with van der Waals surface area (Å²) in [6.45, 7) is 1.65. The number of likely N-dealkylation sites (tertiary alicyclic amines) is 1. The van der Waals surface area contributed by atoms with Gasteiger partial charge in [-0.1, -0.05) is 15.9 Å². The van der Waals surface area contributed by atoms with E-state index in [2.05, 4.69) is 20.9 Å². The topological polar surface area (TPSA) is 55.2 Å². The standard InChI is InChI=1S/C14H14BrN3O2/c15-10-3-4-11-12(7-10)16-9-18(14(11)20)8-13(19)17-5-1-2-6-17/h3-4,7,9H,1-2,5-6,8H2. The number of nitrogens with zero attached hydrogens (tertiary/aromatic N) is 3. The molecule has 1 fully saturated rings. The zero-order valence-corrected chi connectivity index (χ0v) is 12.5. The minimum atomic E-state index is -0.171. The van der Waals surface area contributed by atoms with Crippen molar-refractivity contribution < 1.29 is 4.79 Å². The third kappa shape index (κ3) is 2.47. The summed E-state index contributed by atoms with van der Waals surface area (Å²) < 4.78 is 2.26. The Bertz CT molecular complexity index is 720. The number of carbonyl (C=O) groups is 1. The Kier molecular flexibility index (Phi) is 3.56. The second kappa shape index (κ2) is 5.36. The highest BCUT2D eigenvalue weighted by Gasteiger charge is 2.18. The van der Waals surface area contributed by atoms with Gasteiger partial charge in [-0.15, -0.1) is 0 Å². The number of carbonyl (C=O) groups excluding carboxylic acids is 1. The highest BCUT2D eigenvalue weighted by atomic mass is 79.9. The SMILES string of the molecule is O=C(Cn1cnc2cc(Br)ccc2c1=O)N1CCCC1. The van der Waals surface area contributed by atoms with Crippen LogP contribution in [0.4, 0.5) is 0 Å². The molecule has 2 heterocycles. The van der Waals surface area contributed by atoms with Crippen molar-refractivity contribution in [1.82, 2.24) is 14.5 Å². The molecule has 1 aromatic heterocycles. The van der Waals surface area contributed by atoms with Gasteiger partial charge < -0.3 is 4.90 Å². The third-order valence-electron chi connectivity index (χ3n) is 3.55. The van der Waals surface area contributed by atoms with Gasteiger partial charge in [0.25, 0.3) is 5.56 Å². The molecule has 3 rings (SSSR count). The Morgan fingerprint density at radius 1 is 1.30 bits per heavy atom. The highest BCUT2D eigenvalue weighted by molar-refractivity contribution is 9.10. The van der Waals surface area contributed by atoms with Gasteiger partial charge in [-0.3, -0.25) is 14.2 Å². The van der Waals surface area contributed by atoms with Crippen LogP contribution in [0.15, 0.2) is 33.8 Å². The lowest BCUT2D eigenvalue weighted by Crippen LogP contribution is -2.34. The van der Waals surface area contributed by atoms with Crippen molar-refractivity contribution >= 4 is 32.7 Å². The van der Waals surface area contributed by atoms with Crippen molar-refractivity contribution in [3.8, 4) is 0 Å². The Labute approximate surface area is 124 Å². The van der Waals surface area contributed by atoms with Gasteiger partial charge >= 0.3 is 0 Å². The lowest BCUT2D eigenvalue weighted by Gasteiger charge is -2.15. The van der Waals surface area contributed by atoms with Crippen LogP contribution in [0, 0.1) is 0 Å². The molecule has 0 spiro atoms. The molecule has 1 aromatic carbocycles. The Morgan fingerprint density at radius 2 is 2.05 bits per heavy atom. The van der Waals surface area contributed by atoms with Crippen LogP contribution in [0.25, 0.3) is 10.9 Å². The molecule has 2 aromatic rings. The summed E-state index contributed by atoms with van der Waals surface area (Å²) in [4.78, 5) is 30.5. The number of benzene rings is 1. The fourth-order valence-electron chi connectivity index (χ4n) is 2.46. The largest absolute Gasteiger partial charge is 0.341 e. The summed E-state index contributed by atoms with van der Waals surface area (Å²) in [5.74, 6) is -0.0112. The molecule has 0 bridgehead atoms. The zero-order valence-electron chi connectivity index (χ0n) is 10.9. The number of rotatable bonds is 2. The van der Waals surface area contributed by atoms with Gasteiger partial charge in [-0.2, -0.15) is 0 Å². The molecule has 0 atom stereocenters. The molecule has 0 radical (unpaired) electrons. The Hall–Kier alpha value is -1.69. The van der Waals surface area contributed by atoms with E-state index in [1.165, 1.54) is 10.9 Å². The third-order valence-corrected chi connectivity index (χ3v) is 4.04. The van der Waals surface area contributed by atoms with Gasteiger partial charge in [-0.05, 0) is 31.0 Å². The van der Waals surface area contributed by atoms with Crippen molar-refractivity contribution in [3.05, 3.63) is 39.4 Å². The normalized spacial score (nSPS) is 14.9. The maximum absolute atomic E-state index is 12.3. The molecule has 5 nitrogen and oxygen atoms in total. The van der Waals surface area contributed by atoms with Crippen LogP contribution in [0.1, 0.15) is 12.8 Å². The van der Waals surface area contributed by atoms with E-state index < -0.39 is 0 Å². The monoisotopic (exact) mass is 335 g/mol. The zero-order chi connectivity index (χ0) is 14.1. The number of amides is 1. The maximum atomic E-state index is 12.3. The molecule has 1 amide bonds. The van der Waals surface area contributed by atoms with Crippen LogP contribution >= 0.6 is 15.9 Å². The van der Waals surface area contributed by atoms with E-state index in [1.54, 1.807) is 23.1 Å². The van der Waals surface area contributed by atoms with E-state index in [4.69, 9.17) is 0 Å². The van der Waals surface area contributed by atoms with Crippen molar-refractivity contribution in [2.75, 3.05) is 13.1 Å². The second-order valence-corrected chi connectivity index (χ2v) is 5.84. The summed E-state index contributed by atoms with van der Waals surface area (Å²) in [5.41, 5.74) is 0.462. The van der Waals surface area contributed by atoms with Gasteiger partial charge in [0.05, 0.1) is 17.2 Å². The Morgan fingerprint density at radius 3 is 2.80 bits per heavy atom. The lowest BCUT2D eigenvalue weighted by atomic mass is 10.2. The van der Waals surface area contributed by atoms with Crippen LogP contribution in [-0.4, -0.2) is 33.4 Å². The average Bonchev–Trinajstić information content (AvgIpc) is 2.96. The van der Waals surface area contributed by atoms with Crippen molar-refractivity contribution in [2.24, 2.45) is 0 Å². The van der Waals surface area contributed by atoms with E-state index in [0.29, 0.717) is 10.9 Å². The van der Waals surface area contributed by atoms with Crippen LogP contribution in [-0.2, 0) is 11.3 Å². The predicted octanol–water partition coefficient (Wildman–Crippen LogP) is 1.78. The maximum Gasteiger partial charge on any atom is 0.261 e. The molecule has 0 aliphatic carbocycles. The number of fused-ring (bicyclic) bond motifs is 1. The van der Waals surface area contributed by atoms with Gasteiger partial charge in [0.15, 0.2) is 0 Å². The summed E-state index contributed by atoms with van der Waals surface area (Å²) in [6, 6.07) is 5.33. The summed E-state index contributed by atoms with van der Waals surface area (Å²) in [6.07, 6.45) is 3.54. The minimum absolute atomic E-state index is 0.0112. The molecular weight excluding hydrogens is 322 g/mol. The fourth-order valence-corrected chi connectivity index (χ4v) is 2.81. The summed E-state index contributed by atoms with van der Waals surface area (Å²) in [7, 11) is 0. The first kappa shape index (κ1) is 13.3. The molecule has 1 saturated heterocycles. The molecule has 1 aliphatic heterocycles. The van der Waals surface area contributed by atoms with E-state index >= 15 is 0 Å². The summed E-state index contributed by atoms with van der Waals surface area (Å²) in [5, 5.41) is 0.532. The summed E-state index contributed by atoms with van der Waals surface area (Å²) >= 11 is 3.35. The van der Waals surface area contributed by atoms with Gasteiger partial charge in [-0.25, -0.2) is 4.98 Å². The van der Waals surface area contributed by atoms with Gasteiger partial charge in [0, 0.05) is 17.6 Å². The average molecular weight is 336 g/mol. The van der Waals surface area contributed by atoms with E-state index in [9.17, 15) is 9.59 Å². The molecule has 0 unspecified atom stereocenters. The van der Waals surface area contributed by atoms with Crippen molar-refractivity contribution in [2.45, 2.75) is 19.4 Å². The smallest absolute Gasteiger partial charge is 0.261 e. The van der Waals surface area contributed by atoms with Crippen LogP contribution < -0.4 is 5.56 Å². The van der Waals surface area contributed by atoms with Crippen LogP contribution in [0.2, 0.25) is 0 Å². The van der Waals surface area contributed by atoms with E-state index in [1.807, 2.05) is 0 Å². The van der Waals surface area contributed by atoms with Crippen molar-refractivity contribution in [3.63, 3.8) is 0 Å². The van der Waals surface area contributed by atoms with Gasteiger partial charge in [0.2, 0.25) is 5.91 Å². The first-order valence-electron chi connectivity index (χ1n) is 6.57. The molecule has 0 saturated carbocycles. The predicted molar refractivity (Wildman–Crippen MR) is 79.5 cm³/mol. The minimum Gasteiger partial charge on any atom is -0.341 e. The number of hydrogen-bond donors (Lipinski definition) is 0. The molecule has 104 valence electrons. The van der Waals surface area contributed by atoms with E-state index in [0.717, 1.165) is 30.4 Å².